The molecule has 3 aliphatic rings. The molecular weight excluding hydrogens is 873 g/mol. The van der Waals surface area contributed by atoms with Crippen LogP contribution in [-0.2, 0) is 33.5 Å². The van der Waals surface area contributed by atoms with Crippen molar-refractivity contribution >= 4 is 31.6 Å². The van der Waals surface area contributed by atoms with Gasteiger partial charge in [-0.2, -0.15) is 0 Å². The molecule has 8 rings (SSSR count). The van der Waals surface area contributed by atoms with Crippen molar-refractivity contribution in [1.29, 1.82) is 0 Å². The van der Waals surface area contributed by atoms with E-state index in [1.165, 1.54) is 6.07 Å². The van der Waals surface area contributed by atoms with Gasteiger partial charge in [0.2, 0.25) is 0 Å². The number of morpholine rings is 1. The number of ether oxygens (including phenoxy) is 5. The lowest BCUT2D eigenvalue weighted by atomic mass is 9.76. The van der Waals surface area contributed by atoms with Gasteiger partial charge in [-0.1, -0.05) is 44.2 Å². The van der Waals surface area contributed by atoms with E-state index >= 15 is 8.78 Å². The zero-order chi connectivity index (χ0) is 48.3. The van der Waals surface area contributed by atoms with Crippen LogP contribution in [0.15, 0.2) is 78.9 Å². The van der Waals surface area contributed by atoms with Gasteiger partial charge in [0, 0.05) is 52.2 Å². The van der Waals surface area contributed by atoms with Crippen LogP contribution < -0.4 is 23.8 Å². The van der Waals surface area contributed by atoms with Crippen LogP contribution in [0.5, 0.6) is 23.0 Å². The molecule has 10 nitrogen and oxygen atoms in total. The standard InChI is InChI=1S/C54H65F2NO9Si/c1-50(2,3)64-67(65-51(4,5)6,66-52(7,8)9)62-29-28-61-38-20-16-35(17-21-38)54(34-14-18-37(58-12)19-15-34)23-22-39-48-46(42-30-36(55)31-43(56)47(42)53(48,10)11)40-32-44(57-24-26-60-27-25-57)45(59-13)33-41(40)49(39)63-54/h14-23,30-33H,24-29H2,1-13H3. The molecular formula is C54H65F2NO9Si. The lowest BCUT2D eigenvalue weighted by Gasteiger charge is -2.41. The molecule has 0 radical (unpaired) electrons. The quantitative estimate of drug-likeness (QED) is 0.0840. The maximum Gasteiger partial charge on any atom is 0.681 e. The van der Waals surface area contributed by atoms with Gasteiger partial charge in [-0.05, 0) is 133 Å². The number of fused-ring (bicyclic) bond motifs is 8. The summed E-state index contributed by atoms with van der Waals surface area (Å²) in [7, 11) is -0.404. The van der Waals surface area contributed by atoms with Crippen LogP contribution in [0.4, 0.5) is 14.5 Å². The molecule has 1 unspecified atom stereocenters. The van der Waals surface area contributed by atoms with Crippen LogP contribution in [0.1, 0.15) is 104 Å². The van der Waals surface area contributed by atoms with Gasteiger partial charge in [-0.15, -0.1) is 0 Å². The fourth-order valence-corrected chi connectivity index (χ4v) is 12.4. The molecule has 0 spiro atoms. The maximum atomic E-state index is 16.1. The second-order valence-corrected chi connectivity index (χ2v) is 22.8. The summed E-state index contributed by atoms with van der Waals surface area (Å²) in [4.78, 5) is 2.23. The summed E-state index contributed by atoms with van der Waals surface area (Å²) in [6, 6.07) is 22.2. The Morgan fingerprint density at radius 3 is 1.82 bits per heavy atom. The average Bonchev–Trinajstić information content (AvgIpc) is 3.49. The molecule has 67 heavy (non-hydrogen) atoms. The third-order valence-electron chi connectivity index (χ3n) is 12.0. The molecule has 2 aliphatic heterocycles. The minimum absolute atomic E-state index is 0.152. The zero-order valence-corrected chi connectivity index (χ0v) is 42.2. The number of hydrogen-bond acceptors (Lipinski definition) is 10. The summed E-state index contributed by atoms with van der Waals surface area (Å²) in [5.74, 6) is 1.34. The van der Waals surface area contributed by atoms with Gasteiger partial charge in [0.05, 0.1) is 56.5 Å². The minimum atomic E-state index is -3.70. The molecule has 1 saturated heterocycles. The lowest BCUT2D eigenvalue weighted by Crippen LogP contribution is -2.59. The second-order valence-electron chi connectivity index (χ2n) is 20.9. The molecule has 5 aromatic rings. The Labute approximate surface area is 395 Å². The number of hydrogen-bond donors (Lipinski definition) is 0. The monoisotopic (exact) mass is 937 g/mol. The molecule has 0 bridgehead atoms. The molecule has 1 fully saturated rings. The average molecular weight is 938 g/mol. The van der Waals surface area contributed by atoms with Gasteiger partial charge in [-0.25, -0.2) is 8.78 Å². The third kappa shape index (κ3) is 9.69. The first-order valence-corrected chi connectivity index (χ1v) is 24.7. The van der Waals surface area contributed by atoms with E-state index in [0.29, 0.717) is 60.4 Å². The summed E-state index contributed by atoms with van der Waals surface area (Å²) < 4.78 is 88.6. The zero-order valence-electron chi connectivity index (χ0n) is 41.2. The van der Waals surface area contributed by atoms with E-state index in [1.54, 1.807) is 14.2 Å². The van der Waals surface area contributed by atoms with Crippen molar-refractivity contribution < 1.29 is 50.2 Å². The molecule has 0 aromatic heterocycles. The largest absolute Gasteiger partial charge is 0.681 e. The van der Waals surface area contributed by atoms with Crippen LogP contribution in [0.3, 0.4) is 0 Å². The minimum Gasteiger partial charge on any atom is -0.497 e. The lowest BCUT2D eigenvalue weighted by molar-refractivity contribution is -0.135. The molecule has 1 aliphatic carbocycles. The highest BCUT2D eigenvalue weighted by Crippen LogP contribution is 2.60. The van der Waals surface area contributed by atoms with Crippen molar-refractivity contribution in [2.24, 2.45) is 0 Å². The Hall–Kier alpha value is -5.02. The summed E-state index contributed by atoms with van der Waals surface area (Å²) in [5.41, 5.74) is 2.13. The van der Waals surface area contributed by atoms with E-state index in [1.807, 2.05) is 137 Å². The van der Waals surface area contributed by atoms with Gasteiger partial charge in [0.25, 0.3) is 0 Å². The second kappa shape index (κ2) is 17.8. The number of benzene rings is 5. The Morgan fingerprint density at radius 1 is 0.687 bits per heavy atom. The fraction of sp³-hybridized carbons (Fsp3) is 0.444. The van der Waals surface area contributed by atoms with Gasteiger partial charge >= 0.3 is 9.05 Å². The van der Waals surface area contributed by atoms with Crippen LogP contribution in [0, 0.1) is 11.6 Å². The number of methoxy groups -OCH3 is 2. The Bertz CT molecular complexity index is 2620. The molecule has 5 aromatic carbocycles. The van der Waals surface area contributed by atoms with Crippen molar-refractivity contribution in [3.05, 3.63) is 118 Å². The Kier molecular flexibility index (Phi) is 12.9. The highest BCUT2D eigenvalue weighted by atomic mass is 28.4. The van der Waals surface area contributed by atoms with Crippen LogP contribution in [0.2, 0.25) is 0 Å². The van der Waals surface area contributed by atoms with Crippen molar-refractivity contribution in [2.75, 3.05) is 58.6 Å². The van der Waals surface area contributed by atoms with E-state index in [0.717, 1.165) is 50.3 Å². The van der Waals surface area contributed by atoms with E-state index in [-0.39, 0.29) is 13.2 Å². The predicted molar refractivity (Wildman–Crippen MR) is 261 cm³/mol. The van der Waals surface area contributed by atoms with E-state index in [2.05, 4.69) is 17.0 Å². The van der Waals surface area contributed by atoms with Gasteiger partial charge in [-0.3, -0.25) is 0 Å². The van der Waals surface area contributed by atoms with Gasteiger partial charge < -0.3 is 46.3 Å². The predicted octanol–water partition coefficient (Wildman–Crippen LogP) is 11.9. The van der Waals surface area contributed by atoms with E-state index < -0.39 is 48.5 Å². The van der Waals surface area contributed by atoms with Crippen LogP contribution in [-0.4, -0.2) is 79.6 Å². The normalized spacial score (nSPS) is 18.0. The number of rotatable bonds is 13. The van der Waals surface area contributed by atoms with Crippen molar-refractivity contribution in [2.45, 2.75) is 104 Å². The van der Waals surface area contributed by atoms with E-state index in [9.17, 15) is 0 Å². The Morgan fingerprint density at radius 2 is 1.27 bits per heavy atom. The third-order valence-corrected chi connectivity index (χ3v) is 15.1. The summed E-state index contributed by atoms with van der Waals surface area (Å²) in [6.07, 6.45) is 4.12. The SMILES string of the molecule is COc1ccc(C2(c3ccc(OCCO[Si](OC(C)(C)C)(OC(C)(C)C)OC(C)(C)C)cc3)C=Cc3c4c(c5cc(N6CCOCC6)c(OC)cc5c3O2)-c2cc(F)cc(F)c2C4(C)C)cc1. The molecule has 358 valence electrons. The van der Waals surface area contributed by atoms with Gasteiger partial charge in [0.15, 0.2) is 5.60 Å². The molecule has 0 amide bonds. The molecule has 2 heterocycles. The first-order chi connectivity index (χ1) is 31.5. The first kappa shape index (κ1) is 48.4. The van der Waals surface area contributed by atoms with Crippen LogP contribution in [0.25, 0.3) is 28.0 Å². The smallest absolute Gasteiger partial charge is 0.497 e. The first-order valence-electron chi connectivity index (χ1n) is 23.0. The molecule has 13 heteroatoms. The van der Waals surface area contributed by atoms with Crippen molar-refractivity contribution in [3.8, 4) is 34.1 Å². The highest BCUT2D eigenvalue weighted by molar-refractivity contribution is 6.54. The molecule has 1 atom stereocenters. The van der Waals surface area contributed by atoms with Gasteiger partial charge in [0.1, 0.15) is 41.2 Å². The molecule has 0 saturated carbocycles. The fourth-order valence-electron chi connectivity index (χ4n) is 9.55. The number of nitrogens with zero attached hydrogens (tertiary/aromatic N) is 1. The summed E-state index contributed by atoms with van der Waals surface area (Å²) in [5, 5.41) is 1.55. The van der Waals surface area contributed by atoms with Crippen LogP contribution >= 0.6 is 0 Å². The van der Waals surface area contributed by atoms with E-state index in [4.69, 9.17) is 41.4 Å². The topological polar surface area (TPSA) is 86.3 Å². The number of halogens is 2. The summed E-state index contributed by atoms with van der Waals surface area (Å²) >= 11 is 0. The van der Waals surface area contributed by atoms with Crippen molar-refractivity contribution in [1.82, 2.24) is 0 Å². The summed E-state index contributed by atoms with van der Waals surface area (Å²) in [6.45, 7) is 24.4. The van der Waals surface area contributed by atoms with Crippen molar-refractivity contribution in [3.63, 3.8) is 0 Å². The highest BCUT2D eigenvalue weighted by Gasteiger charge is 2.54. The molecule has 0 N–H and O–H groups in total. The maximum absolute atomic E-state index is 16.1. The Balaban J connectivity index is 1.21. The number of anilines is 1.